The lowest BCUT2D eigenvalue weighted by atomic mass is 10.2. The minimum absolute atomic E-state index is 0.805. The van der Waals surface area contributed by atoms with Crippen molar-refractivity contribution in [2.75, 3.05) is 18.5 Å². The Morgan fingerprint density at radius 2 is 2.10 bits per heavy atom. The lowest BCUT2D eigenvalue weighted by Crippen LogP contribution is -2.17. The van der Waals surface area contributed by atoms with E-state index in [4.69, 9.17) is 0 Å². The maximum absolute atomic E-state index is 4.36. The van der Waals surface area contributed by atoms with E-state index in [1.165, 1.54) is 11.3 Å². The number of anilines is 1. The first-order valence-corrected chi connectivity index (χ1v) is 7.60. The molecule has 1 aromatic heterocycles. The third-order valence-corrected chi connectivity index (χ3v) is 3.91. The molecule has 0 saturated carbocycles. The molecule has 0 saturated heterocycles. The topological polar surface area (TPSA) is 28.2 Å². The third kappa shape index (κ3) is 4.05. The Hall–Kier alpha value is -1.39. The zero-order valence-electron chi connectivity index (χ0n) is 11.9. The van der Waals surface area contributed by atoms with Gasteiger partial charge in [-0.3, -0.25) is 4.98 Å². The summed E-state index contributed by atoms with van der Waals surface area (Å²) >= 11 is 3.65. The number of hydrogen-bond acceptors (Lipinski definition) is 3. The van der Waals surface area contributed by atoms with E-state index in [0.717, 1.165) is 29.8 Å². The van der Waals surface area contributed by atoms with Crippen LogP contribution in [0.25, 0.3) is 0 Å². The SMILES string of the molecule is CCNCc1ccc(N(C)Cc2ccccn2)cc1Br. The van der Waals surface area contributed by atoms with E-state index in [1.54, 1.807) is 0 Å². The lowest BCUT2D eigenvalue weighted by molar-refractivity contribution is 0.724. The Balaban J connectivity index is 2.07. The molecule has 0 unspecified atom stereocenters. The van der Waals surface area contributed by atoms with Crippen LogP contribution in [0.3, 0.4) is 0 Å². The van der Waals surface area contributed by atoms with Crippen LogP contribution in [0.5, 0.6) is 0 Å². The number of pyridine rings is 1. The van der Waals surface area contributed by atoms with Gasteiger partial charge in [-0.15, -0.1) is 0 Å². The van der Waals surface area contributed by atoms with Gasteiger partial charge in [0.25, 0.3) is 0 Å². The van der Waals surface area contributed by atoms with Gasteiger partial charge in [0.1, 0.15) is 0 Å². The summed E-state index contributed by atoms with van der Waals surface area (Å²) in [5, 5.41) is 3.34. The zero-order chi connectivity index (χ0) is 14.4. The molecule has 4 heteroatoms. The molecule has 0 aliphatic carbocycles. The molecule has 0 radical (unpaired) electrons. The average molecular weight is 334 g/mol. The molecule has 3 nitrogen and oxygen atoms in total. The van der Waals surface area contributed by atoms with Gasteiger partial charge in [0.05, 0.1) is 12.2 Å². The van der Waals surface area contributed by atoms with Crippen LogP contribution < -0.4 is 10.2 Å². The monoisotopic (exact) mass is 333 g/mol. The van der Waals surface area contributed by atoms with E-state index >= 15 is 0 Å². The van der Waals surface area contributed by atoms with Crippen molar-refractivity contribution in [3.05, 3.63) is 58.3 Å². The summed E-state index contributed by atoms with van der Waals surface area (Å²) in [6.07, 6.45) is 1.83. The highest BCUT2D eigenvalue weighted by atomic mass is 79.9. The average Bonchev–Trinajstić information content (AvgIpc) is 2.47. The van der Waals surface area contributed by atoms with E-state index in [2.05, 4.69) is 63.3 Å². The summed E-state index contributed by atoms with van der Waals surface area (Å²) in [7, 11) is 2.08. The van der Waals surface area contributed by atoms with Crippen molar-refractivity contribution in [1.82, 2.24) is 10.3 Å². The van der Waals surface area contributed by atoms with E-state index in [0.29, 0.717) is 0 Å². The molecule has 0 spiro atoms. The van der Waals surface area contributed by atoms with Gasteiger partial charge in [0.15, 0.2) is 0 Å². The molecule has 0 aliphatic rings. The minimum Gasteiger partial charge on any atom is -0.369 e. The number of aromatic nitrogens is 1. The van der Waals surface area contributed by atoms with Gasteiger partial charge in [0, 0.05) is 29.9 Å². The molecule has 106 valence electrons. The van der Waals surface area contributed by atoms with Crippen molar-refractivity contribution >= 4 is 21.6 Å². The quantitative estimate of drug-likeness (QED) is 0.875. The molecule has 2 rings (SSSR count). The van der Waals surface area contributed by atoms with Gasteiger partial charge < -0.3 is 10.2 Å². The number of nitrogens with one attached hydrogen (secondary N) is 1. The maximum Gasteiger partial charge on any atom is 0.0598 e. The highest BCUT2D eigenvalue weighted by Gasteiger charge is 2.06. The van der Waals surface area contributed by atoms with Crippen LogP contribution in [0.4, 0.5) is 5.69 Å². The zero-order valence-corrected chi connectivity index (χ0v) is 13.5. The second-order valence-electron chi connectivity index (χ2n) is 4.73. The van der Waals surface area contributed by atoms with Crippen LogP contribution in [0.1, 0.15) is 18.2 Å². The highest BCUT2D eigenvalue weighted by molar-refractivity contribution is 9.10. The molecule has 1 heterocycles. The largest absolute Gasteiger partial charge is 0.369 e. The van der Waals surface area contributed by atoms with Crippen LogP contribution in [-0.4, -0.2) is 18.6 Å². The summed E-state index contributed by atoms with van der Waals surface area (Å²) in [4.78, 5) is 6.56. The molecule has 0 fully saturated rings. The number of hydrogen-bond donors (Lipinski definition) is 1. The minimum atomic E-state index is 0.805. The fourth-order valence-corrected chi connectivity index (χ4v) is 2.51. The Labute approximate surface area is 129 Å². The summed E-state index contributed by atoms with van der Waals surface area (Å²) in [6, 6.07) is 12.5. The van der Waals surface area contributed by atoms with Crippen molar-refractivity contribution in [1.29, 1.82) is 0 Å². The molecule has 1 N–H and O–H groups in total. The Kier molecular flexibility index (Phi) is 5.56. The van der Waals surface area contributed by atoms with Crippen molar-refractivity contribution in [2.45, 2.75) is 20.0 Å². The summed E-state index contributed by atoms with van der Waals surface area (Å²) in [5.41, 5.74) is 3.53. The van der Waals surface area contributed by atoms with Crippen LogP contribution in [0.2, 0.25) is 0 Å². The molecule has 0 aliphatic heterocycles. The van der Waals surface area contributed by atoms with Crippen LogP contribution in [0, 0.1) is 0 Å². The molecule has 0 atom stereocenters. The van der Waals surface area contributed by atoms with Gasteiger partial charge in [-0.2, -0.15) is 0 Å². The molecule has 0 amide bonds. The van der Waals surface area contributed by atoms with E-state index in [1.807, 2.05) is 24.4 Å². The molecule has 0 bridgehead atoms. The fourth-order valence-electron chi connectivity index (χ4n) is 2.00. The fraction of sp³-hybridized carbons (Fsp3) is 0.312. The van der Waals surface area contributed by atoms with Crippen LogP contribution in [-0.2, 0) is 13.1 Å². The summed E-state index contributed by atoms with van der Waals surface area (Å²) in [5.74, 6) is 0. The van der Waals surface area contributed by atoms with Gasteiger partial charge in [-0.05, 0) is 36.4 Å². The van der Waals surface area contributed by atoms with Gasteiger partial charge in [-0.25, -0.2) is 0 Å². The summed E-state index contributed by atoms with van der Waals surface area (Å²) < 4.78 is 1.14. The van der Waals surface area contributed by atoms with Gasteiger partial charge >= 0.3 is 0 Å². The molecular formula is C16H20BrN3. The maximum atomic E-state index is 4.36. The summed E-state index contributed by atoms with van der Waals surface area (Å²) in [6.45, 7) is 4.79. The predicted molar refractivity (Wildman–Crippen MR) is 87.9 cm³/mol. The number of halogens is 1. The van der Waals surface area contributed by atoms with E-state index < -0.39 is 0 Å². The number of benzene rings is 1. The molecule has 20 heavy (non-hydrogen) atoms. The first-order valence-electron chi connectivity index (χ1n) is 6.81. The Bertz CT molecular complexity index is 543. The van der Waals surface area contributed by atoms with Gasteiger partial charge in [-0.1, -0.05) is 35.0 Å². The Morgan fingerprint density at radius 1 is 1.25 bits per heavy atom. The number of nitrogens with zero attached hydrogens (tertiary/aromatic N) is 2. The van der Waals surface area contributed by atoms with Crippen LogP contribution in [0.15, 0.2) is 47.1 Å². The smallest absolute Gasteiger partial charge is 0.0598 e. The second-order valence-corrected chi connectivity index (χ2v) is 5.59. The van der Waals surface area contributed by atoms with Crippen molar-refractivity contribution in [3.8, 4) is 0 Å². The lowest BCUT2D eigenvalue weighted by Gasteiger charge is -2.20. The third-order valence-electron chi connectivity index (χ3n) is 3.17. The predicted octanol–water partition coefficient (Wildman–Crippen LogP) is 3.59. The normalized spacial score (nSPS) is 10.6. The molecular weight excluding hydrogens is 314 g/mol. The van der Waals surface area contributed by atoms with Crippen molar-refractivity contribution in [2.24, 2.45) is 0 Å². The van der Waals surface area contributed by atoms with Crippen molar-refractivity contribution < 1.29 is 0 Å². The van der Waals surface area contributed by atoms with E-state index in [-0.39, 0.29) is 0 Å². The standard InChI is InChI=1S/C16H20BrN3/c1-3-18-11-13-7-8-15(10-16(13)17)20(2)12-14-6-4-5-9-19-14/h4-10,18H,3,11-12H2,1-2H3. The second kappa shape index (κ2) is 7.41. The van der Waals surface area contributed by atoms with Crippen molar-refractivity contribution in [3.63, 3.8) is 0 Å². The van der Waals surface area contributed by atoms with Gasteiger partial charge in [0.2, 0.25) is 0 Å². The Morgan fingerprint density at radius 3 is 2.75 bits per heavy atom. The van der Waals surface area contributed by atoms with Crippen LogP contribution >= 0.6 is 15.9 Å². The van der Waals surface area contributed by atoms with E-state index in [9.17, 15) is 0 Å². The first kappa shape index (κ1) is 15.0. The molecule has 2 aromatic rings. The first-order chi connectivity index (χ1) is 9.70. The number of rotatable bonds is 6. The molecule has 1 aromatic carbocycles. The highest BCUT2D eigenvalue weighted by Crippen LogP contribution is 2.24.